The minimum absolute atomic E-state index is 0.166. The second-order valence-corrected chi connectivity index (χ2v) is 7.94. The van der Waals surface area contributed by atoms with Gasteiger partial charge in [-0.25, -0.2) is 4.79 Å². The largest absolute Gasteiger partial charge is 0.478 e. The Morgan fingerprint density at radius 2 is 1.88 bits per heavy atom. The Bertz CT molecular complexity index is 641. The lowest BCUT2D eigenvalue weighted by Gasteiger charge is -2.35. The number of aromatic nitrogens is 2. The predicted molar refractivity (Wildman–Crippen MR) is 99.1 cm³/mol. The fourth-order valence-corrected chi connectivity index (χ4v) is 4.68. The van der Waals surface area contributed by atoms with Gasteiger partial charge in [-0.1, -0.05) is 32.6 Å². The van der Waals surface area contributed by atoms with Gasteiger partial charge < -0.3 is 10.0 Å². The van der Waals surface area contributed by atoms with Gasteiger partial charge in [-0.15, -0.1) is 0 Å². The van der Waals surface area contributed by atoms with Crippen LogP contribution in [0.4, 0.5) is 0 Å². The van der Waals surface area contributed by atoms with Crippen molar-refractivity contribution in [3.8, 4) is 0 Å². The van der Waals surface area contributed by atoms with Gasteiger partial charge in [0.25, 0.3) is 0 Å². The van der Waals surface area contributed by atoms with Crippen molar-refractivity contribution in [1.82, 2.24) is 14.7 Å². The lowest BCUT2D eigenvalue weighted by Crippen LogP contribution is -2.42. The zero-order valence-electron chi connectivity index (χ0n) is 16.0. The van der Waals surface area contributed by atoms with E-state index in [9.17, 15) is 14.7 Å². The van der Waals surface area contributed by atoms with E-state index < -0.39 is 5.97 Å². The molecule has 6 nitrogen and oxygen atoms in total. The molecule has 2 heterocycles. The van der Waals surface area contributed by atoms with Gasteiger partial charge in [-0.3, -0.25) is 9.48 Å². The van der Waals surface area contributed by atoms with Crippen LogP contribution < -0.4 is 0 Å². The van der Waals surface area contributed by atoms with E-state index in [2.05, 4.69) is 12.0 Å². The molecule has 26 heavy (non-hydrogen) atoms. The predicted octanol–water partition coefficient (Wildman–Crippen LogP) is 3.66. The summed E-state index contributed by atoms with van der Waals surface area (Å²) in [4.78, 5) is 26.2. The number of hydrogen-bond donors (Lipinski definition) is 1. The molecule has 0 aromatic carbocycles. The third-order valence-corrected chi connectivity index (χ3v) is 6.33. The van der Waals surface area contributed by atoms with Crippen LogP contribution in [0, 0.1) is 18.8 Å². The van der Waals surface area contributed by atoms with E-state index in [0.717, 1.165) is 44.7 Å². The highest BCUT2D eigenvalue weighted by Gasteiger charge is 2.31. The standard InChI is InChI=1S/C20H31N3O3/c1-3-16(12-15-6-4-5-7-15)19(24)22-10-8-17(9-11-22)23-14(2)18(13-21-23)20(25)26/h13,15-17H,3-12H2,1-2H3,(H,25,26). The molecule has 1 amide bonds. The van der Waals surface area contributed by atoms with Crippen LogP contribution in [-0.2, 0) is 4.79 Å². The van der Waals surface area contributed by atoms with Crippen LogP contribution in [0.1, 0.15) is 80.4 Å². The number of rotatable bonds is 6. The molecule has 1 saturated carbocycles. The summed E-state index contributed by atoms with van der Waals surface area (Å²) < 4.78 is 1.83. The van der Waals surface area contributed by atoms with Crippen LogP contribution in [0.15, 0.2) is 6.20 Å². The molecule has 1 aromatic rings. The zero-order valence-corrected chi connectivity index (χ0v) is 16.0. The molecule has 2 aliphatic rings. The van der Waals surface area contributed by atoms with E-state index in [0.29, 0.717) is 11.6 Å². The minimum Gasteiger partial charge on any atom is -0.478 e. The number of carboxylic acid groups (broad SMARTS) is 1. The molecule has 3 rings (SSSR count). The van der Waals surface area contributed by atoms with E-state index >= 15 is 0 Å². The highest BCUT2D eigenvalue weighted by Crippen LogP contribution is 2.33. The van der Waals surface area contributed by atoms with Crippen molar-refractivity contribution < 1.29 is 14.7 Å². The third kappa shape index (κ3) is 3.94. The Labute approximate surface area is 155 Å². The van der Waals surface area contributed by atoms with Crippen LogP contribution in [0.25, 0.3) is 0 Å². The average molecular weight is 361 g/mol. The van der Waals surface area contributed by atoms with Crippen molar-refractivity contribution in [3.63, 3.8) is 0 Å². The molecule has 0 radical (unpaired) electrons. The Hall–Kier alpha value is -1.85. The molecule has 1 aliphatic carbocycles. The number of hydrogen-bond acceptors (Lipinski definition) is 3. The molecule has 1 aromatic heterocycles. The van der Waals surface area contributed by atoms with Crippen LogP contribution in [0.5, 0.6) is 0 Å². The van der Waals surface area contributed by atoms with E-state index in [1.807, 2.05) is 16.5 Å². The van der Waals surface area contributed by atoms with Crippen molar-refractivity contribution in [1.29, 1.82) is 0 Å². The lowest BCUT2D eigenvalue weighted by atomic mass is 9.89. The summed E-state index contributed by atoms with van der Waals surface area (Å²) in [6.07, 6.45) is 10.3. The molecule has 144 valence electrons. The van der Waals surface area contributed by atoms with E-state index in [1.165, 1.54) is 31.9 Å². The monoisotopic (exact) mass is 361 g/mol. The topological polar surface area (TPSA) is 75.4 Å². The fraction of sp³-hybridized carbons (Fsp3) is 0.750. The van der Waals surface area contributed by atoms with Gasteiger partial charge >= 0.3 is 5.97 Å². The first-order valence-corrected chi connectivity index (χ1v) is 10.1. The molecular formula is C20H31N3O3. The van der Waals surface area contributed by atoms with E-state index in [1.54, 1.807) is 0 Å². The smallest absolute Gasteiger partial charge is 0.339 e. The Kier molecular flexibility index (Phi) is 5.99. The van der Waals surface area contributed by atoms with Gasteiger partial charge in [0.1, 0.15) is 5.56 Å². The van der Waals surface area contributed by atoms with E-state index in [4.69, 9.17) is 0 Å². The van der Waals surface area contributed by atoms with Gasteiger partial charge in [-0.05, 0) is 38.5 Å². The Morgan fingerprint density at radius 1 is 1.23 bits per heavy atom. The normalized spacial score (nSPS) is 20.5. The molecule has 6 heteroatoms. The summed E-state index contributed by atoms with van der Waals surface area (Å²) in [7, 11) is 0. The lowest BCUT2D eigenvalue weighted by molar-refractivity contribution is -0.137. The molecular weight excluding hydrogens is 330 g/mol. The van der Waals surface area contributed by atoms with Crippen molar-refractivity contribution in [2.24, 2.45) is 11.8 Å². The van der Waals surface area contributed by atoms with E-state index in [-0.39, 0.29) is 17.5 Å². The Balaban J connectivity index is 1.57. The first-order valence-electron chi connectivity index (χ1n) is 10.1. The average Bonchev–Trinajstić information content (AvgIpc) is 3.28. The summed E-state index contributed by atoms with van der Waals surface area (Å²) in [6, 6.07) is 0.182. The molecule has 1 N–H and O–H groups in total. The number of likely N-dealkylation sites (tertiary alicyclic amines) is 1. The summed E-state index contributed by atoms with van der Waals surface area (Å²) >= 11 is 0. The maximum atomic E-state index is 12.9. The summed E-state index contributed by atoms with van der Waals surface area (Å²) in [6.45, 7) is 5.42. The second-order valence-electron chi connectivity index (χ2n) is 7.94. The van der Waals surface area contributed by atoms with Crippen molar-refractivity contribution in [2.45, 2.75) is 71.3 Å². The minimum atomic E-state index is -0.931. The van der Waals surface area contributed by atoms with Gasteiger partial charge in [0.05, 0.1) is 17.9 Å². The number of aromatic carboxylic acids is 1. The first-order chi connectivity index (χ1) is 12.5. The Morgan fingerprint density at radius 3 is 2.42 bits per heavy atom. The SMILES string of the molecule is CCC(CC1CCCC1)C(=O)N1CCC(n2ncc(C(=O)O)c2C)CC1. The maximum Gasteiger partial charge on any atom is 0.339 e. The number of piperidine rings is 1. The summed E-state index contributed by atoms with van der Waals surface area (Å²) in [5.74, 6) is 0.294. The number of carbonyl (C=O) groups is 2. The molecule has 0 spiro atoms. The van der Waals surface area contributed by atoms with Gasteiger partial charge in [0, 0.05) is 19.0 Å². The molecule has 1 unspecified atom stereocenters. The third-order valence-electron chi connectivity index (χ3n) is 6.33. The molecule has 2 fully saturated rings. The molecule has 1 aliphatic heterocycles. The van der Waals surface area contributed by atoms with Crippen molar-refractivity contribution >= 4 is 11.9 Å². The van der Waals surface area contributed by atoms with Crippen LogP contribution >= 0.6 is 0 Å². The number of amides is 1. The quantitative estimate of drug-likeness (QED) is 0.839. The van der Waals surface area contributed by atoms with Gasteiger partial charge in [0.15, 0.2) is 0 Å². The summed E-state index contributed by atoms with van der Waals surface area (Å²) in [5, 5.41) is 13.5. The van der Waals surface area contributed by atoms with Crippen LogP contribution in [0.2, 0.25) is 0 Å². The number of nitrogens with zero attached hydrogens (tertiary/aromatic N) is 3. The molecule has 1 atom stereocenters. The fourth-order valence-electron chi connectivity index (χ4n) is 4.68. The number of carboxylic acids is 1. The van der Waals surface area contributed by atoms with Crippen LogP contribution in [0.3, 0.4) is 0 Å². The molecule has 0 bridgehead atoms. The zero-order chi connectivity index (χ0) is 18.7. The highest BCUT2D eigenvalue weighted by atomic mass is 16.4. The van der Waals surface area contributed by atoms with Gasteiger partial charge in [-0.2, -0.15) is 5.10 Å². The first kappa shape index (κ1) is 18.9. The van der Waals surface area contributed by atoms with Gasteiger partial charge in [0.2, 0.25) is 5.91 Å². The van der Waals surface area contributed by atoms with Crippen molar-refractivity contribution in [2.75, 3.05) is 13.1 Å². The van der Waals surface area contributed by atoms with Crippen LogP contribution in [-0.4, -0.2) is 44.8 Å². The van der Waals surface area contributed by atoms with Crippen molar-refractivity contribution in [3.05, 3.63) is 17.5 Å². The second kappa shape index (κ2) is 8.23. The molecule has 1 saturated heterocycles. The number of carbonyl (C=O) groups excluding carboxylic acids is 1. The summed E-state index contributed by atoms with van der Waals surface area (Å²) in [5.41, 5.74) is 0.973. The highest BCUT2D eigenvalue weighted by molar-refractivity contribution is 5.88. The maximum absolute atomic E-state index is 12.9.